The van der Waals surface area contributed by atoms with Gasteiger partial charge in [-0.1, -0.05) is 13.0 Å². The zero-order chi connectivity index (χ0) is 17.6. The average Bonchev–Trinajstić information content (AvgIpc) is 2.97. The zero-order valence-corrected chi connectivity index (χ0v) is 15.6. The fraction of sp³-hybridized carbons (Fsp3) is 0.682. The largest absolute Gasteiger partial charge is 0.497 e. The molecule has 1 aromatic carbocycles. The Morgan fingerprint density at radius 1 is 1.24 bits per heavy atom. The maximum Gasteiger partial charge on any atom is 0.141 e. The molecule has 6 atom stereocenters. The number of methoxy groups -OCH3 is 1. The van der Waals surface area contributed by atoms with Gasteiger partial charge in [-0.15, -0.1) is 0 Å². The molecule has 0 saturated heterocycles. The normalized spacial score (nSPS) is 37.4. The Labute approximate surface area is 151 Å². The molecule has 0 spiro atoms. The van der Waals surface area contributed by atoms with Gasteiger partial charge < -0.3 is 9.47 Å². The number of nitrogens with zero attached hydrogens (tertiary/aromatic N) is 1. The Bertz CT molecular complexity index is 694. The Kier molecular flexibility index (Phi) is 4.28. The third-order valence-electron chi connectivity index (χ3n) is 7.40. The highest BCUT2D eigenvalue weighted by atomic mass is 16.5. The summed E-state index contributed by atoms with van der Waals surface area (Å²) >= 11 is 0. The lowest BCUT2D eigenvalue weighted by Crippen LogP contribution is -2.45. The number of nitriles is 1. The number of rotatable bonds is 3. The van der Waals surface area contributed by atoms with Crippen LogP contribution in [0.1, 0.15) is 63.0 Å². The molecule has 0 aromatic heterocycles. The number of aryl methyl sites for hydroxylation is 1. The fourth-order valence-electron chi connectivity index (χ4n) is 6.14. The summed E-state index contributed by atoms with van der Waals surface area (Å²) in [7, 11) is 1.75. The van der Waals surface area contributed by atoms with E-state index >= 15 is 0 Å². The summed E-state index contributed by atoms with van der Waals surface area (Å²) in [5.41, 5.74) is 3.30. The molecule has 4 rings (SSSR count). The summed E-state index contributed by atoms with van der Waals surface area (Å²) in [4.78, 5) is 0. The monoisotopic (exact) mass is 339 g/mol. The highest BCUT2D eigenvalue weighted by Crippen LogP contribution is 2.61. The van der Waals surface area contributed by atoms with Crippen LogP contribution in [0.5, 0.6) is 5.75 Å². The van der Waals surface area contributed by atoms with Gasteiger partial charge in [0.1, 0.15) is 11.9 Å². The van der Waals surface area contributed by atoms with Crippen molar-refractivity contribution in [3.63, 3.8) is 0 Å². The summed E-state index contributed by atoms with van der Waals surface area (Å²) in [5.74, 6) is 3.18. The molecule has 0 N–H and O–H groups in total. The molecule has 0 heterocycles. The fourth-order valence-corrected chi connectivity index (χ4v) is 6.14. The van der Waals surface area contributed by atoms with Crippen molar-refractivity contribution in [2.75, 3.05) is 7.11 Å². The van der Waals surface area contributed by atoms with Gasteiger partial charge in [0.25, 0.3) is 0 Å². The lowest BCUT2D eigenvalue weighted by molar-refractivity contribution is -0.0769. The van der Waals surface area contributed by atoms with Crippen molar-refractivity contribution in [2.24, 2.45) is 17.3 Å². The molecule has 0 radical (unpaired) electrons. The molecule has 1 unspecified atom stereocenters. The predicted octanol–water partition coefficient (Wildman–Crippen LogP) is 4.85. The zero-order valence-electron chi connectivity index (χ0n) is 15.6. The Balaban J connectivity index is 1.59. The lowest BCUT2D eigenvalue weighted by atomic mass is 9.55. The molecular weight excluding hydrogens is 310 g/mol. The minimum atomic E-state index is -0.294. The van der Waals surface area contributed by atoms with Crippen molar-refractivity contribution in [3.8, 4) is 11.8 Å². The van der Waals surface area contributed by atoms with Crippen LogP contribution in [0, 0.1) is 28.6 Å². The quantitative estimate of drug-likeness (QED) is 0.790. The molecule has 3 aliphatic carbocycles. The van der Waals surface area contributed by atoms with Gasteiger partial charge in [-0.25, -0.2) is 0 Å². The van der Waals surface area contributed by atoms with Crippen molar-refractivity contribution in [1.29, 1.82) is 5.26 Å². The summed E-state index contributed by atoms with van der Waals surface area (Å²) in [6.45, 7) is 4.31. The highest BCUT2D eigenvalue weighted by Gasteiger charge is 2.55. The van der Waals surface area contributed by atoms with Crippen molar-refractivity contribution in [1.82, 2.24) is 0 Å². The second kappa shape index (κ2) is 6.32. The smallest absolute Gasteiger partial charge is 0.141 e. The van der Waals surface area contributed by atoms with Crippen LogP contribution in [0.4, 0.5) is 0 Å². The number of ether oxygens (including phenoxy) is 2. The minimum absolute atomic E-state index is 0.246. The summed E-state index contributed by atoms with van der Waals surface area (Å²) in [6.07, 6.45) is 7.25. The second-order valence-electron chi connectivity index (χ2n) is 8.50. The number of benzene rings is 1. The van der Waals surface area contributed by atoms with E-state index in [1.165, 1.54) is 37.7 Å². The molecule has 1 aromatic rings. The van der Waals surface area contributed by atoms with E-state index in [0.717, 1.165) is 24.0 Å². The van der Waals surface area contributed by atoms with Crippen LogP contribution in [-0.2, 0) is 11.2 Å². The van der Waals surface area contributed by atoms with Crippen LogP contribution in [0.15, 0.2) is 18.2 Å². The van der Waals surface area contributed by atoms with Crippen LogP contribution in [0.3, 0.4) is 0 Å². The van der Waals surface area contributed by atoms with E-state index in [-0.39, 0.29) is 17.6 Å². The summed E-state index contributed by atoms with van der Waals surface area (Å²) < 4.78 is 11.6. The van der Waals surface area contributed by atoms with E-state index < -0.39 is 0 Å². The van der Waals surface area contributed by atoms with Gasteiger partial charge in [0, 0.05) is 0 Å². The first-order chi connectivity index (χ1) is 12.1. The first-order valence-electron chi connectivity index (χ1n) is 9.78. The molecule has 3 aliphatic rings. The van der Waals surface area contributed by atoms with Crippen molar-refractivity contribution < 1.29 is 9.47 Å². The number of hydrogen-bond donors (Lipinski definition) is 0. The van der Waals surface area contributed by atoms with Crippen LogP contribution in [-0.4, -0.2) is 19.3 Å². The lowest BCUT2D eigenvalue weighted by Gasteiger charge is -2.50. The Morgan fingerprint density at radius 2 is 2.08 bits per heavy atom. The molecule has 25 heavy (non-hydrogen) atoms. The molecular formula is C22H29NO2. The van der Waals surface area contributed by atoms with Crippen LogP contribution in [0.2, 0.25) is 0 Å². The van der Waals surface area contributed by atoms with Gasteiger partial charge >= 0.3 is 0 Å². The Hall–Kier alpha value is -1.53. The topological polar surface area (TPSA) is 42.2 Å². The molecule has 3 heteroatoms. The summed E-state index contributed by atoms with van der Waals surface area (Å²) in [6, 6.07) is 8.94. The highest BCUT2D eigenvalue weighted by molar-refractivity contribution is 5.40. The number of fused-ring (bicyclic) bond motifs is 5. The maximum absolute atomic E-state index is 9.13. The molecule has 3 nitrogen and oxygen atoms in total. The van der Waals surface area contributed by atoms with Crippen molar-refractivity contribution in [3.05, 3.63) is 29.3 Å². The van der Waals surface area contributed by atoms with E-state index in [1.54, 1.807) is 12.7 Å². The molecule has 0 amide bonds. The third kappa shape index (κ3) is 2.66. The molecule has 0 bridgehead atoms. The predicted molar refractivity (Wildman–Crippen MR) is 97.6 cm³/mol. The average molecular weight is 339 g/mol. The molecule has 2 fully saturated rings. The summed E-state index contributed by atoms with van der Waals surface area (Å²) in [5, 5.41) is 9.13. The van der Waals surface area contributed by atoms with Crippen molar-refractivity contribution in [2.45, 2.75) is 70.5 Å². The first kappa shape index (κ1) is 16.9. The van der Waals surface area contributed by atoms with Gasteiger partial charge in [-0.2, -0.15) is 5.26 Å². The number of hydrogen-bond acceptors (Lipinski definition) is 3. The third-order valence-corrected chi connectivity index (χ3v) is 7.40. The van der Waals surface area contributed by atoms with Gasteiger partial charge in [0.15, 0.2) is 0 Å². The maximum atomic E-state index is 9.13. The molecule has 0 aliphatic heterocycles. The van der Waals surface area contributed by atoms with E-state index in [2.05, 4.69) is 31.2 Å². The Morgan fingerprint density at radius 3 is 2.84 bits per heavy atom. The van der Waals surface area contributed by atoms with E-state index in [1.807, 2.05) is 6.92 Å². The van der Waals surface area contributed by atoms with Gasteiger partial charge in [0.05, 0.1) is 19.3 Å². The van der Waals surface area contributed by atoms with E-state index in [0.29, 0.717) is 5.92 Å². The van der Waals surface area contributed by atoms with E-state index in [4.69, 9.17) is 14.7 Å². The van der Waals surface area contributed by atoms with Gasteiger partial charge in [0.2, 0.25) is 0 Å². The van der Waals surface area contributed by atoms with Crippen molar-refractivity contribution >= 4 is 0 Å². The first-order valence-corrected chi connectivity index (χ1v) is 9.78. The standard InChI is InChI=1S/C22H29NO2/c1-14(13-23)25-21-9-8-20-19-6-4-15-12-16(24-3)5-7-17(15)18(19)10-11-22(20,21)2/h5,7,12,14,18-21H,4,6,8-11H2,1-3H3/t14?,18-,19-,20+,21+,22+/m1/s1. The molecule has 134 valence electrons. The second-order valence-corrected chi connectivity index (χ2v) is 8.50. The van der Waals surface area contributed by atoms with Crippen LogP contribution >= 0.6 is 0 Å². The van der Waals surface area contributed by atoms with Crippen LogP contribution < -0.4 is 4.74 Å². The van der Waals surface area contributed by atoms with Crippen LogP contribution in [0.25, 0.3) is 0 Å². The van der Waals surface area contributed by atoms with Gasteiger partial charge in [-0.3, -0.25) is 0 Å². The van der Waals surface area contributed by atoms with Gasteiger partial charge in [-0.05, 0) is 91.9 Å². The molecule has 2 saturated carbocycles. The van der Waals surface area contributed by atoms with E-state index in [9.17, 15) is 0 Å². The SMILES string of the molecule is COc1ccc2c(c1)CC[C@@H]1[C@@H]2CC[C@]2(C)[C@@H](OC(C)C#N)CC[C@@H]12. The minimum Gasteiger partial charge on any atom is -0.497 e.